The second-order valence-corrected chi connectivity index (χ2v) is 8.80. The van der Waals surface area contributed by atoms with E-state index < -0.39 is 6.10 Å². The third-order valence-corrected chi connectivity index (χ3v) is 6.58. The maximum atomic E-state index is 13.0. The van der Waals surface area contributed by atoms with Crippen LogP contribution in [0.1, 0.15) is 38.2 Å². The van der Waals surface area contributed by atoms with Gasteiger partial charge < -0.3 is 20.3 Å². The Morgan fingerprint density at radius 3 is 2.77 bits per heavy atom. The van der Waals surface area contributed by atoms with E-state index in [9.17, 15) is 10.1 Å². The minimum absolute atomic E-state index is 0. The number of benzene rings is 1. The molecule has 1 aromatic carbocycles. The van der Waals surface area contributed by atoms with Crippen LogP contribution in [0.4, 0.5) is 5.69 Å². The van der Waals surface area contributed by atoms with Gasteiger partial charge in [-0.2, -0.15) is 5.26 Å². The Hall–Kier alpha value is -2.40. The van der Waals surface area contributed by atoms with Gasteiger partial charge in [0.25, 0.3) is 5.91 Å². The molecule has 3 saturated heterocycles. The summed E-state index contributed by atoms with van der Waals surface area (Å²) in [6.45, 7) is 3.18. The lowest BCUT2D eigenvalue weighted by Crippen LogP contribution is -2.56. The number of piperidine rings is 1. The minimum Gasteiger partial charge on any atom is -0.365 e. The number of nitrogens with one attached hydrogen (secondary N) is 2. The number of ether oxygens (including phenoxy) is 1. The number of carbonyl (C=O) groups is 1. The third kappa shape index (κ3) is 4.33. The van der Waals surface area contributed by atoms with Gasteiger partial charge in [0.15, 0.2) is 6.10 Å². The molecule has 7 nitrogen and oxygen atoms in total. The lowest BCUT2D eigenvalue weighted by molar-refractivity contribution is -0.138. The summed E-state index contributed by atoms with van der Waals surface area (Å²) in [6, 6.07) is 11.2. The van der Waals surface area contributed by atoms with Crippen LogP contribution >= 0.6 is 12.4 Å². The van der Waals surface area contributed by atoms with Crippen LogP contribution < -0.4 is 15.5 Å². The molecular weight excluding hydrogens is 414 g/mol. The molecule has 3 fully saturated rings. The second kappa shape index (κ2) is 8.99. The molecule has 0 spiro atoms. The number of hydrogen-bond acceptors (Lipinski definition) is 6. The Labute approximate surface area is 188 Å². The van der Waals surface area contributed by atoms with Crippen LogP contribution in [-0.4, -0.2) is 54.3 Å². The number of hydrogen-bond donors (Lipinski definition) is 2. The average Bonchev–Trinajstić information content (AvgIpc) is 3.10. The number of rotatable bonds is 3. The van der Waals surface area contributed by atoms with E-state index in [0.717, 1.165) is 23.9 Å². The molecule has 0 saturated carbocycles. The van der Waals surface area contributed by atoms with Crippen molar-refractivity contribution in [2.45, 2.75) is 62.9 Å². The van der Waals surface area contributed by atoms with Crippen molar-refractivity contribution in [2.24, 2.45) is 0 Å². The van der Waals surface area contributed by atoms with Crippen molar-refractivity contribution in [3.05, 3.63) is 36.0 Å². The van der Waals surface area contributed by atoms with E-state index in [1.165, 1.54) is 12.8 Å². The number of halogens is 1. The first-order chi connectivity index (χ1) is 14.6. The predicted molar refractivity (Wildman–Crippen MR) is 121 cm³/mol. The Balaban J connectivity index is 0.00000231. The zero-order chi connectivity index (χ0) is 20.7. The standard InChI is InChI=1S/C23H27N5O2.ClH/c1-14-12-28(20-7-4-15(11-24)22-19(20)3-2-8-25-22)13-21(30-14)23(29)27-18-9-16-5-6-17(10-18)26-16;/h2-4,7-8,14,16-18,21,26H,5-6,9-10,12-13H2,1H3,(H,27,29);1H/t14-,16-,17+,18-,21-;/m1./s1. The molecule has 1 amide bonds. The molecule has 31 heavy (non-hydrogen) atoms. The van der Waals surface area contributed by atoms with Crippen LogP contribution in [0.3, 0.4) is 0 Å². The average molecular weight is 442 g/mol. The summed E-state index contributed by atoms with van der Waals surface area (Å²) in [5.74, 6) is -0.0195. The van der Waals surface area contributed by atoms with Gasteiger partial charge in [-0.3, -0.25) is 9.78 Å². The summed E-state index contributed by atoms with van der Waals surface area (Å²) in [7, 11) is 0. The number of nitriles is 1. The van der Waals surface area contributed by atoms with Crippen LogP contribution in [0.15, 0.2) is 30.5 Å². The molecule has 5 rings (SSSR count). The molecule has 0 unspecified atom stereocenters. The van der Waals surface area contributed by atoms with Gasteiger partial charge in [0.05, 0.1) is 23.7 Å². The number of nitrogens with zero attached hydrogens (tertiary/aromatic N) is 3. The third-order valence-electron chi connectivity index (χ3n) is 6.58. The fourth-order valence-electron chi connectivity index (χ4n) is 5.29. The second-order valence-electron chi connectivity index (χ2n) is 8.80. The zero-order valence-corrected chi connectivity index (χ0v) is 18.4. The molecule has 3 aliphatic rings. The first-order valence-corrected chi connectivity index (χ1v) is 10.9. The number of morpholine rings is 1. The normalized spacial score (nSPS) is 29.8. The molecule has 164 valence electrons. The topological polar surface area (TPSA) is 90.3 Å². The molecule has 2 bridgehead atoms. The van der Waals surface area contributed by atoms with E-state index in [4.69, 9.17) is 4.74 Å². The molecule has 4 heterocycles. The van der Waals surface area contributed by atoms with Crippen LogP contribution in [-0.2, 0) is 9.53 Å². The monoisotopic (exact) mass is 441 g/mol. The van der Waals surface area contributed by atoms with E-state index >= 15 is 0 Å². The highest BCUT2D eigenvalue weighted by atomic mass is 35.5. The summed E-state index contributed by atoms with van der Waals surface area (Å²) >= 11 is 0. The Kier molecular flexibility index (Phi) is 6.33. The first kappa shape index (κ1) is 21.8. The first-order valence-electron chi connectivity index (χ1n) is 10.9. The molecule has 2 aromatic rings. The van der Waals surface area contributed by atoms with Crippen molar-refractivity contribution in [2.75, 3.05) is 18.0 Å². The van der Waals surface area contributed by atoms with Crippen LogP contribution in [0.2, 0.25) is 0 Å². The maximum Gasteiger partial charge on any atom is 0.251 e. The summed E-state index contributed by atoms with van der Waals surface area (Å²) in [5, 5.41) is 17.2. The van der Waals surface area contributed by atoms with E-state index in [-0.39, 0.29) is 30.5 Å². The van der Waals surface area contributed by atoms with Gasteiger partial charge in [-0.15, -0.1) is 12.4 Å². The molecule has 0 radical (unpaired) electrons. The van der Waals surface area contributed by atoms with Gasteiger partial charge in [-0.05, 0) is 56.9 Å². The van der Waals surface area contributed by atoms with Crippen molar-refractivity contribution < 1.29 is 9.53 Å². The van der Waals surface area contributed by atoms with Crippen molar-refractivity contribution in [3.8, 4) is 6.07 Å². The maximum absolute atomic E-state index is 13.0. The minimum atomic E-state index is -0.511. The Bertz CT molecular complexity index is 997. The quantitative estimate of drug-likeness (QED) is 0.760. The molecule has 0 aliphatic carbocycles. The van der Waals surface area contributed by atoms with Crippen LogP contribution in [0, 0.1) is 11.3 Å². The fraction of sp³-hybridized carbons (Fsp3) is 0.522. The van der Waals surface area contributed by atoms with E-state index in [1.807, 2.05) is 31.2 Å². The van der Waals surface area contributed by atoms with Gasteiger partial charge >= 0.3 is 0 Å². The summed E-state index contributed by atoms with van der Waals surface area (Å²) in [4.78, 5) is 19.7. The van der Waals surface area contributed by atoms with Gasteiger partial charge in [-0.25, -0.2) is 0 Å². The van der Waals surface area contributed by atoms with Crippen molar-refractivity contribution in [3.63, 3.8) is 0 Å². The summed E-state index contributed by atoms with van der Waals surface area (Å²) < 4.78 is 6.03. The molecular formula is C23H28ClN5O2. The zero-order valence-electron chi connectivity index (χ0n) is 17.6. The molecule has 2 N–H and O–H groups in total. The van der Waals surface area contributed by atoms with Crippen LogP contribution in [0.25, 0.3) is 10.9 Å². The molecule has 5 atom stereocenters. The molecule has 1 aromatic heterocycles. The van der Waals surface area contributed by atoms with Gasteiger partial charge in [0.2, 0.25) is 0 Å². The lowest BCUT2D eigenvalue weighted by Gasteiger charge is -2.39. The van der Waals surface area contributed by atoms with E-state index in [1.54, 1.807) is 6.20 Å². The fourth-order valence-corrected chi connectivity index (χ4v) is 5.29. The predicted octanol–water partition coefficient (Wildman–Crippen LogP) is 2.52. The Morgan fingerprint density at radius 2 is 2.03 bits per heavy atom. The van der Waals surface area contributed by atoms with E-state index in [2.05, 4.69) is 26.6 Å². The number of aromatic nitrogens is 1. The number of amides is 1. The molecule has 3 aliphatic heterocycles. The lowest BCUT2D eigenvalue weighted by atomic mass is 9.99. The highest BCUT2D eigenvalue weighted by Crippen LogP contribution is 2.31. The SMILES string of the molecule is C[C@@H]1CN(c2ccc(C#N)c3ncccc23)C[C@H](C(=O)N[C@@H]2C[C@H]3CC[C@@H](C2)N3)O1.Cl. The van der Waals surface area contributed by atoms with Gasteiger partial charge in [0.1, 0.15) is 6.07 Å². The Morgan fingerprint density at radius 1 is 1.26 bits per heavy atom. The number of anilines is 1. The largest absolute Gasteiger partial charge is 0.365 e. The van der Waals surface area contributed by atoms with Crippen LogP contribution in [0.5, 0.6) is 0 Å². The van der Waals surface area contributed by atoms with Gasteiger partial charge in [-0.1, -0.05) is 0 Å². The van der Waals surface area contributed by atoms with E-state index in [0.29, 0.717) is 36.3 Å². The number of carbonyl (C=O) groups excluding carboxylic acids is 1. The summed E-state index contributed by atoms with van der Waals surface area (Å²) in [6.07, 6.45) is 5.55. The highest BCUT2D eigenvalue weighted by Gasteiger charge is 2.37. The number of fused-ring (bicyclic) bond motifs is 3. The van der Waals surface area contributed by atoms with Crippen molar-refractivity contribution in [1.29, 1.82) is 5.26 Å². The highest BCUT2D eigenvalue weighted by molar-refractivity contribution is 5.95. The smallest absolute Gasteiger partial charge is 0.251 e. The summed E-state index contributed by atoms with van der Waals surface area (Å²) in [5.41, 5.74) is 2.25. The molecule has 8 heteroatoms. The number of pyridine rings is 1. The van der Waals surface area contributed by atoms with Crippen molar-refractivity contribution in [1.82, 2.24) is 15.6 Å². The van der Waals surface area contributed by atoms with Gasteiger partial charge in [0, 0.05) is 41.9 Å². The van der Waals surface area contributed by atoms with Crippen molar-refractivity contribution >= 4 is 34.9 Å².